The highest BCUT2D eigenvalue weighted by atomic mass is 35.5. The molecule has 0 radical (unpaired) electrons. The van der Waals surface area contributed by atoms with Gasteiger partial charge in [-0.25, -0.2) is 9.50 Å². The summed E-state index contributed by atoms with van der Waals surface area (Å²) in [6, 6.07) is 7.82. The van der Waals surface area contributed by atoms with Crippen molar-refractivity contribution in [1.29, 1.82) is 0 Å². The number of benzene rings is 1. The van der Waals surface area contributed by atoms with Gasteiger partial charge in [0.15, 0.2) is 0 Å². The lowest BCUT2D eigenvalue weighted by Crippen LogP contribution is -1.87. The number of aromatic nitrogens is 3. The zero-order valence-electron chi connectivity index (χ0n) is 8.51. The van der Waals surface area contributed by atoms with Crippen molar-refractivity contribution in [1.82, 2.24) is 14.6 Å². The fourth-order valence-electron chi connectivity index (χ4n) is 1.69. The second-order valence-corrected chi connectivity index (χ2v) is 4.84. The molecule has 0 atom stereocenters. The maximum Gasteiger partial charge on any atom is 0.212 e. The fourth-order valence-corrected chi connectivity index (χ4v) is 3.05. The van der Waals surface area contributed by atoms with Gasteiger partial charge in [0.1, 0.15) is 6.33 Å². The summed E-state index contributed by atoms with van der Waals surface area (Å²) in [7, 11) is 0. The molecule has 3 nitrogen and oxygen atoms in total. The van der Waals surface area contributed by atoms with E-state index in [0.29, 0.717) is 0 Å². The van der Waals surface area contributed by atoms with Gasteiger partial charge in [-0.05, 0) is 13.0 Å². The van der Waals surface area contributed by atoms with E-state index in [0.717, 1.165) is 26.1 Å². The van der Waals surface area contributed by atoms with Crippen molar-refractivity contribution >= 4 is 27.9 Å². The maximum absolute atomic E-state index is 6.18. The van der Waals surface area contributed by atoms with Crippen LogP contribution in [0.25, 0.3) is 15.4 Å². The third-order valence-electron chi connectivity index (χ3n) is 2.47. The van der Waals surface area contributed by atoms with Gasteiger partial charge < -0.3 is 0 Å². The molecule has 0 N–H and O–H groups in total. The minimum Gasteiger partial charge on any atom is -0.208 e. The van der Waals surface area contributed by atoms with Gasteiger partial charge >= 0.3 is 0 Å². The fraction of sp³-hybridized carbons (Fsp3) is 0.0909. The first kappa shape index (κ1) is 9.81. The van der Waals surface area contributed by atoms with Crippen molar-refractivity contribution in [3.8, 4) is 10.4 Å². The molecule has 3 rings (SSSR count). The molecule has 0 saturated carbocycles. The average molecular weight is 250 g/mol. The Morgan fingerprint density at radius 2 is 2.12 bits per heavy atom. The van der Waals surface area contributed by atoms with E-state index in [-0.39, 0.29) is 0 Å². The molecule has 0 amide bonds. The van der Waals surface area contributed by atoms with Crippen LogP contribution < -0.4 is 0 Å². The first-order valence-electron chi connectivity index (χ1n) is 4.81. The zero-order valence-corrected chi connectivity index (χ0v) is 10.1. The predicted molar refractivity (Wildman–Crippen MR) is 66.0 cm³/mol. The summed E-state index contributed by atoms with van der Waals surface area (Å²) >= 11 is 7.78. The molecule has 0 saturated heterocycles. The van der Waals surface area contributed by atoms with E-state index in [9.17, 15) is 0 Å². The second kappa shape index (κ2) is 3.57. The van der Waals surface area contributed by atoms with Gasteiger partial charge in [-0.15, -0.1) is 0 Å². The minimum absolute atomic E-state index is 0.759. The van der Waals surface area contributed by atoms with Crippen LogP contribution in [0, 0.1) is 6.92 Å². The number of thiazole rings is 1. The summed E-state index contributed by atoms with van der Waals surface area (Å²) in [5, 5.41) is 4.93. The van der Waals surface area contributed by atoms with Gasteiger partial charge in [0, 0.05) is 10.6 Å². The predicted octanol–water partition coefficient (Wildman–Crippen LogP) is 3.42. The Morgan fingerprint density at radius 3 is 2.88 bits per heavy atom. The summed E-state index contributed by atoms with van der Waals surface area (Å²) in [5.74, 6) is 0. The lowest BCUT2D eigenvalue weighted by molar-refractivity contribution is 0.933. The molecule has 16 heavy (non-hydrogen) atoms. The number of rotatable bonds is 1. The van der Waals surface area contributed by atoms with E-state index in [2.05, 4.69) is 10.1 Å². The highest BCUT2D eigenvalue weighted by Crippen LogP contribution is 2.35. The molecule has 2 aromatic heterocycles. The molecule has 0 spiro atoms. The van der Waals surface area contributed by atoms with E-state index < -0.39 is 0 Å². The van der Waals surface area contributed by atoms with Crippen LogP contribution in [0.5, 0.6) is 0 Å². The normalized spacial score (nSPS) is 11.1. The Hall–Kier alpha value is -1.39. The van der Waals surface area contributed by atoms with E-state index >= 15 is 0 Å². The number of aryl methyl sites for hydroxylation is 1. The first-order valence-corrected chi connectivity index (χ1v) is 6.01. The summed E-state index contributed by atoms with van der Waals surface area (Å²) < 4.78 is 1.84. The van der Waals surface area contributed by atoms with Crippen molar-refractivity contribution in [2.45, 2.75) is 6.92 Å². The Balaban J connectivity index is 2.30. The molecule has 0 unspecified atom stereocenters. The summed E-state index contributed by atoms with van der Waals surface area (Å²) in [5.41, 5.74) is 2.12. The molecule has 3 aromatic rings. The SMILES string of the molecule is Cc1c(-c2ccccc2Cl)sc2ncnn12. The van der Waals surface area contributed by atoms with E-state index in [1.807, 2.05) is 35.7 Å². The topological polar surface area (TPSA) is 30.2 Å². The third kappa shape index (κ3) is 1.34. The average Bonchev–Trinajstić information content (AvgIpc) is 2.83. The van der Waals surface area contributed by atoms with E-state index in [4.69, 9.17) is 11.6 Å². The third-order valence-corrected chi connectivity index (χ3v) is 3.98. The smallest absolute Gasteiger partial charge is 0.208 e. The zero-order chi connectivity index (χ0) is 11.1. The monoisotopic (exact) mass is 249 g/mol. The van der Waals surface area contributed by atoms with Crippen molar-refractivity contribution in [3.05, 3.63) is 41.3 Å². The lowest BCUT2D eigenvalue weighted by Gasteiger charge is -2.01. The van der Waals surface area contributed by atoms with Crippen LogP contribution in [0.4, 0.5) is 0 Å². The maximum atomic E-state index is 6.18. The van der Waals surface area contributed by atoms with Gasteiger partial charge in [0.2, 0.25) is 4.96 Å². The molecular formula is C11H8ClN3S. The summed E-state index contributed by atoms with van der Waals surface area (Å²) in [6.45, 7) is 2.02. The number of hydrogen-bond donors (Lipinski definition) is 0. The number of fused-ring (bicyclic) bond motifs is 1. The van der Waals surface area contributed by atoms with E-state index in [1.54, 1.807) is 17.7 Å². The Morgan fingerprint density at radius 1 is 1.31 bits per heavy atom. The van der Waals surface area contributed by atoms with Crippen LogP contribution in [-0.4, -0.2) is 14.6 Å². The van der Waals surface area contributed by atoms with Crippen molar-refractivity contribution in [2.24, 2.45) is 0 Å². The van der Waals surface area contributed by atoms with Crippen LogP contribution in [0.3, 0.4) is 0 Å². The van der Waals surface area contributed by atoms with Crippen molar-refractivity contribution in [3.63, 3.8) is 0 Å². The number of nitrogens with zero attached hydrogens (tertiary/aromatic N) is 3. The van der Waals surface area contributed by atoms with Crippen LogP contribution in [-0.2, 0) is 0 Å². The number of halogens is 1. The molecule has 0 bridgehead atoms. The summed E-state index contributed by atoms with van der Waals surface area (Å²) in [4.78, 5) is 6.20. The molecule has 0 aliphatic heterocycles. The minimum atomic E-state index is 0.759. The van der Waals surface area contributed by atoms with Gasteiger partial charge in [0.05, 0.1) is 10.6 Å². The summed E-state index contributed by atoms with van der Waals surface area (Å²) in [6.07, 6.45) is 1.56. The van der Waals surface area contributed by atoms with Gasteiger partial charge in [-0.1, -0.05) is 41.1 Å². The molecule has 0 fully saturated rings. The second-order valence-electron chi connectivity index (χ2n) is 3.45. The quantitative estimate of drug-likeness (QED) is 0.662. The highest BCUT2D eigenvalue weighted by Gasteiger charge is 2.13. The van der Waals surface area contributed by atoms with E-state index in [1.165, 1.54) is 0 Å². The Labute approximate surface area is 101 Å². The Kier molecular flexibility index (Phi) is 2.19. The van der Waals surface area contributed by atoms with Crippen LogP contribution in [0.2, 0.25) is 5.02 Å². The van der Waals surface area contributed by atoms with Crippen molar-refractivity contribution < 1.29 is 0 Å². The standard InChI is InChI=1S/C11H8ClN3S/c1-7-10(8-4-2-3-5-9(8)12)16-11-13-6-14-15(7)11/h2-6H,1H3. The molecule has 0 aliphatic carbocycles. The van der Waals surface area contributed by atoms with Gasteiger partial charge in [-0.2, -0.15) is 5.10 Å². The van der Waals surface area contributed by atoms with Gasteiger partial charge in [0.25, 0.3) is 0 Å². The first-order chi connectivity index (χ1) is 7.77. The largest absolute Gasteiger partial charge is 0.212 e. The van der Waals surface area contributed by atoms with Crippen LogP contribution in [0.1, 0.15) is 5.69 Å². The molecule has 0 aliphatic rings. The lowest BCUT2D eigenvalue weighted by atomic mass is 10.1. The molecule has 2 heterocycles. The van der Waals surface area contributed by atoms with Gasteiger partial charge in [-0.3, -0.25) is 0 Å². The highest BCUT2D eigenvalue weighted by molar-refractivity contribution is 7.20. The Bertz CT molecular complexity index is 656. The number of hydrogen-bond acceptors (Lipinski definition) is 3. The molecule has 1 aromatic carbocycles. The van der Waals surface area contributed by atoms with Crippen LogP contribution in [0.15, 0.2) is 30.6 Å². The molecule has 5 heteroatoms. The molecular weight excluding hydrogens is 242 g/mol. The van der Waals surface area contributed by atoms with Crippen LogP contribution >= 0.6 is 22.9 Å². The van der Waals surface area contributed by atoms with Crippen molar-refractivity contribution in [2.75, 3.05) is 0 Å². The molecule has 80 valence electrons.